The fraction of sp³-hybridized carbons (Fsp3) is 0.529. The highest BCUT2D eigenvalue weighted by molar-refractivity contribution is 5.86. The molecule has 6 heteroatoms. The molecule has 0 bridgehead atoms. The normalized spacial score (nSPS) is 19.0. The highest BCUT2D eigenvalue weighted by Gasteiger charge is 2.29. The van der Waals surface area contributed by atoms with Crippen LogP contribution in [0.3, 0.4) is 0 Å². The number of para-hydroxylation sites is 1. The summed E-state index contributed by atoms with van der Waals surface area (Å²) in [5.41, 5.74) is 2.47. The lowest BCUT2D eigenvalue weighted by molar-refractivity contribution is -0.126. The average Bonchev–Trinajstić information content (AvgIpc) is 2.94. The molecule has 1 fully saturated rings. The summed E-state index contributed by atoms with van der Waals surface area (Å²) >= 11 is 0. The lowest BCUT2D eigenvalue weighted by atomic mass is 9.96. The van der Waals surface area contributed by atoms with Crippen LogP contribution in [0.5, 0.6) is 0 Å². The van der Waals surface area contributed by atoms with Gasteiger partial charge in [-0.3, -0.25) is 9.89 Å². The van der Waals surface area contributed by atoms with Crippen LogP contribution >= 0.6 is 0 Å². The zero-order chi connectivity index (χ0) is 16.4. The van der Waals surface area contributed by atoms with Gasteiger partial charge in [-0.25, -0.2) is 0 Å². The van der Waals surface area contributed by atoms with Crippen LogP contribution in [0.4, 0.5) is 0 Å². The van der Waals surface area contributed by atoms with E-state index < -0.39 is 5.54 Å². The van der Waals surface area contributed by atoms with Crippen molar-refractivity contribution in [1.82, 2.24) is 20.8 Å². The number of morpholine rings is 1. The maximum Gasteiger partial charge on any atom is 0.223 e. The summed E-state index contributed by atoms with van der Waals surface area (Å²) in [6.07, 6.45) is 0.301. The van der Waals surface area contributed by atoms with Crippen LogP contribution < -0.4 is 10.6 Å². The fourth-order valence-electron chi connectivity index (χ4n) is 3.08. The minimum absolute atomic E-state index is 0.0208. The molecule has 1 saturated heterocycles. The van der Waals surface area contributed by atoms with Crippen molar-refractivity contribution in [2.45, 2.75) is 38.8 Å². The van der Waals surface area contributed by atoms with Crippen LogP contribution in [0, 0.1) is 6.92 Å². The molecule has 3 N–H and O–H groups in total. The van der Waals surface area contributed by atoms with E-state index in [-0.39, 0.29) is 12.0 Å². The number of aryl methyl sites for hydroxylation is 1. The van der Waals surface area contributed by atoms with Crippen LogP contribution in [0.1, 0.15) is 31.5 Å². The highest BCUT2D eigenvalue weighted by Crippen LogP contribution is 2.27. The lowest BCUT2D eigenvalue weighted by Crippen LogP contribution is -2.46. The maximum atomic E-state index is 12.4. The zero-order valence-electron chi connectivity index (χ0n) is 13.9. The molecule has 2 heterocycles. The third kappa shape index (κ3) is 3.38. The summed E-state index contributed by atoms with van der Waals surface area (Å²) in [5.74, 6) is -0.0208. The molecule has 23 heavy (non-hydrogen) atoms. The van der Waals surface area contributed by atoms with E-state index in [4.69, 9.17) is 4.74 Å². The SMILES string of the molecule is Cc1cccc2c(C(C)(C)NC(=O)C[C@@H]3CNCCO3)n[nH]c12. The second-order valence-electron chi connectivity index (χ2n) is 6.64. The first-order chi connectivity index (χ1) is 11.0. The minimum atomic E-state index is -0.550. The lowest BCUT2D eigenvalue weighted by Gasteiger charge is -2.27. The molecule has 124 valence electrons. The predicted molar refractivity (Wildman–Crippen MR) is 89.2 cm³/mol. The number of nitrogens with one attached hydrogen (secondary N) is 3. The molecule has 6 nitrogen and oxygen atoms in total. The molecule has 0 radical (unpaired) electrons. The van der Waals surface area contributed by atoms with Gasteiger partial charge in [-0.15, -0.1) is 0 Å². The molecular weight excluding hydrogens is 292 g/mol. The molecule has 1 amide bonds. The zero-order valence-corrected chi connectivity index (χ0v) is 13.9. The Morgan fingerprint density at radius 3 is 3.04 bits per heavy atom. The number of benzene rings is 1. The first-order valence-corrected chi connectivity index (χ1v) is 8.05. The standard InChI is InChI=1S/C17H24N4O2/c1-11-5-4-6-13-15(11)20-21-16(13)17(2,3)19-14(22)9-12-10-18-7-8-23-12/h4-6,12,18H,7-10H2,1-3H3,(H,19,22)(H,20,21)/t12-/m1/s1. The van der Waals surface area contributed by atoms with Gasteiger partial charge in [0, 0.05) is 18.5 Å². The Hall–Kier alpha value is -1.92. The molecule has 1 atom stereocenters. The predicted octanol–water partition coefficient (Wildman–Crippen LogP) is 1.60. The van der Waals surface area contributed by atoms with E-state index in [1.807, 2.05) is 39.0 Å². The van der Waals surface area contributed by atoms with E-state index in [1.165, 1.54) is 0 Å². The Balaban J connectivity index is 1.74. The Bertz CT molecular complexity index is 702. The summed E-state index contributed by atoms with van der Waals surface area (Å²) in [4.78, 5) is 12.4. The van der Waals surface area contributed by atoms with E-state index >= 15 is 0 Å². The fourth-order valence-corrected chi connectivity index (χ4v) is 3.08. The number of amides is 1. The third-order valence-corrected chi connectivity index (χ3v) is 4.27. The van der Waals surface area contributed by atoms with Crippen LogP contribution in [0.15, 0.2) is 18.2 Å². The second kappa shape index (κ2) is 6.29. The number of hydrogen-bond acceptors (Lipinski definition) is 4. The van der Waals surface area contributed by atoms with E-state index in [2.05, 4.69) is 20.8 Å². The van der Waals surface area contributed by atoms with Gasteiger partial charge in [-0.2, -0.15) is 5.10 Å². The number of carbonyl (C=O) groups is 1. The molecule has 0 unspecified atom stereocenters. The van der Waals surface area contributed by atoms with Crippen molar-refractivity contribution in [3.63, 3.8) is 0 Å². The van der Waals surface area contributed by atoms with Crippen molar-refractivity contribution >= 4 is 16.8 Å². The average molecular weight is 316 g/mol. The number of aromatic nitrogens is 2. The number of fused-ring (bicyclic) bond motifs is 1. The second-order valence-corrected chi connectivity index (χ2v) is 6.64. The van der Waals surface area contributed by atoms with Crippen molar-refractivity contribution in [3.8, 4) is 0 Å². The summed E-state index contributed by atoms with van der Waals surface area (Å²) in [5, 5.41) is 14.9. The molecule has 0 spiro atoms. The minimum Gasteiger partial charge on any atom is -0.375 e. The van der Waals surface area contributed by atoms with Crippen molar-refractivity contribution < 1.29 is 9.53 Å². The van der Waals surface area contributed by atoms with Gasteiger partial charge in [0.05, 0.1) is 35.9 Å². The number of aromatic amines is 1. The number of carbonyl (C=O) groups excluding carboxylic acids is 1. The van der Waals surface area contributed by atoms with E-state index in [0.29, 0.717) is 13.0 Å². The molecule has 2 aromatic rings. The first-order valence-electron chi connectivity index (χ1n) is 8.05. The molecule has 1 aliphatic rings. The number of hydrogen-bond donors (Lipinski definition) is 3. The van der Waals surface area contributed by atoms with Crippen molar-refractivity contribution in [3.05, 3.63) is 29.5 Å². The molecule has 1 aromatic carbocycles. The van der Waals surface area contributed by atoms with Gasteiger partial charge in [0.1, 0.15) is 0 Å². The molecular formula is C17H24N4O2. The van der Waals surface area contributed by atoms with Gasteiger partial charge in [-0.1, -0.05) is 18.2 Å². The van der Waals surface area contributed by atoms with Crippen LogP contribution in [0.25, 0.3) is 10.9 Å². The van der Waals surface area contributed by atoms with E-state index in [9.17, 15) is 4.79 Å². The Morgan fingerprint density at radius 2 is 2.30 bits per heavy atom. The number of H-pyrrole nitrogens is 1. The number of ether oxygens (including phenoxy) is 1. The third-order valence-electron chi connectivity index (χ3n) is 4.27. The van der Waals surface area contributed by atoms with Gasteiger partial charge in [-0.05, 0) is 26.3 Å². The summed E-state index contributed by atoms with van der Waals surface area (Å²) in [6, 6.07) is 6.09. The number of nitrogens with zero attached hydrogens (tertiary/aromatic N) is 1. The molecule has 3 rings (SSSR count). The molecule has 0 saturated carbocycles. The van der Waals surface area contributed by atoms with Gasteiger partial charge in [0.15, 0.2) is 0 Å². The van der Waals surface area contributed by atoms with E-state index in [0.717, 1.165) is 35.2 Å². The van der Waals surface area contributed by atoms with E-state index in [1.54, 1.807) is 0 Å². The van der Waals surface area contributed by atoms with Gasteiger partial charge in [0.25, 0.3) is 0 Å². The van der Waals surface area contributed by atoms with Gasteiger partial charge < -0.3 is 15.4 Å². The topological polar surface area (TPSA) is 79.0 Å². The highest BCUT2D eigenvalue weighted by atomic mass is 16.5. The Kier molecular flexibility index (Phi) is 4.37. The van der Waals surface area contributed by atoms with Crippen molar-refractivity contribution in [2.24, 2.45) is 0 Å². The molecule has 1 aromatic heterocycles. The van der Waals surface area contributed by atoms with Crippen molar-refractivity contribution in [2.75, 3.05) is 19.7 Å². The van der Waals surface area contributed by atoms with Crippen LogP contribution in [-0.4, -0.2) is 41.9 Å². The summed E-state index contributed by atoms with van der Waals surface area (Å²) in [7, 11) is 0. The Labute approximate surface area is 136 Å². The van der Waals surface area contributed by atoms with Crippen LogP contribution in [-0.2, 0) is 15.1 Å². The molecule has 1 aliphatic heterocycles. The first kappa shape index (κ1) is 16.0. The quantitative estimate of drug-likeness (QED) is 0.800. The summed E-state index contributed by atoms with van der Waals surface area (Å²) in [6.45, 7) is 8.22. The van der Waals surface area contributed by atoms with Crippen molar-refractivity contribution in [1.29, 1.82) is 0 Å². The monoisotopic (exact) mass is 316 g/mol. The summed E-state index contributed by atoms with van der Waals surface area (Å²) < 4.78 is 5.59. The number of rotatable bonds is 4. The Morgan fingerprint density at radius 1 is 1.48 bits per heavy atom. The maximum absolute atomic E-state index is 12.4. The largest absolute Gasteiger partial charge is 0.375 e. The molecule has 0 aliphatic carbocycles. The van der Waals surface area contributed by atoms with Gasteiger partial charge >= 0.3 is 0 Å². The van der Waals surface area contributed by atoms with Crippen LogP contribution in [0.2, 0.25) is 0 Å². The van der Waals surface area contributed by atoms with Gasteiger partial charge in [0.2, 0.25) is 5.91 Å². The smallest absolute Gasteiger partial charge is 0.223 e.